The Kier molecular flexibility index (Phi) is 6.51. The maximum atomic E-state index is 10.0. The van der Waals surface area contributed by atoms with E-state index in [9.17, 15) is 10.0 Å². The summed E-state index contributed by atoms with van der Waals surface area (Å²) in [6, 6.07) is 10.1. The Hall–Kier alpha value is -0.835. The van der Waals surface area contributed by atoms with Crippen LogP contribution >= 0.6 is 0 Å². The molecule has 1 unspecified atom stereocenters. The lowest BCUT2D eigenvalue weighted by Crippen LogP contribution is -2.67. The summed E-state index contributed by atoms with van der Waals surface area (Å²) in [5.74, 6) is 0. The van der Waals surface area contributed by atoms with E-state index >= 15 is 0 Å². The summed E-state index contributed by atoms with van der Waals surface area (Å²) in [6.45, 7) is 22.0. The molecule has 0 fully saturated rings. The molecule has 0 bridgehead atoms. The predicted octanol–water partition coefficient (Wildman–Crippen LogP) is 5.40. The summed E-state index contributed by atoms with van der Waals surface area (Å²) in [7, 11) is -1.86. The van der Waals surface area contributed by atoms with Crippen LogP contribution in [0.4, 0.5) is 0 Å². The van der Waals surface area contributed by atoms with Gasteiger partial charge in [-0.15, -0.1) is 0 Å². The van der Waals surface area contributed by atoms with Gasteiger partial charge in [-0.1, -0.05) is 99.6 Å². The van der Waals surface area contributed by atoms with Crippen LogP contribution in [0.2, 0.25) is 0 Å². The minimum absolute atomic E-state index is 0.169. The summed E-state index contributed by atoms with van der Waals surface area (Å²) in [6.07, 6.45) is 0.832. The van der Waals surface area contributed by atoms with E-state index in [4.69, 9.17) is 4.65 Å². The van der Waals surface area contributed by atoms with Crippen molar-refractivity contribution in [3.05, 3.63) is 35.9 Å². The van der Waals surface area contributed by atoms with Crippen molar-refractivity contribution in [1.82, 2.24) is 0 Å². The minimum atomic E-state index is -1.86. The fraction of sp³-hybridized carbons (Fsp3) is 0.727. The molecule has 0 aliphatic carbocycles. The van der Waals surface area contributed by atoms with Crippen molar-refractivity contribution in [1.29, 1.82) is 0 Å². The second-order valence-electron chi connectivity index (χ2n) is 10.5. The van der Waals surface area contributed by atoms with E-state index in [0.717, 1.165) is 12.0 Å². The molecular formula is C22H39BO3. The van der Waals surface area contributed by atoms with Crippen molar-refractivity contribution >= 4 is 7.32 Å². The van der Waals surface area contributed by atoms with Crippen molar-refractivity contribution < 1.29 is 14.7 Å². The van der Waals surface area contributed by atoms with Crippen molar-refractivity contribution in [3.8, 4) is 0 Å². The van der Waals surface area contributed by atoms with Gasteiger partial charge in [0, 0.05) is 5.41 Å². The van der Waals surface area contributed by atoms with Crippen LogP contribution in [-0.4, -0.2) is 17.4 Å². The molecule has 0 aliphatic rings. The fourth-order valence-corrected chi connectivity index (χ4v) is 5.99. The second-order valence-corrected chi connectivity index (χ2v) is 10.5. The average Bonchev–Trinajstić information content (AvgIpc) is 2.43. The summed E-state index contributed by atoms with van der Waals surface area (Å²) < 4.78 is 6.21. The normalized spacial score (nSPS) is 16.3. The van der Waals surface area contributed by atoms with Gasteiger partial charge in [0.2, 0.25) is 0 Å². The molecule has 0 saturated carbocycles. The van der Waals surface area contributed by atoms with Gasteiger partial charge in [0.05, 0.1) is 5.60 Å². The number of hydrogen-bond donors (Lipinski definition) is 2. The molecule has 0 amide bonds. The third kappa shape index (κ3) is 3.48. The van der Waals surface area contributed by atoms with Crippen molar-refractivity contribution in [2.45, 2.75) is 81.3 Å². The largest absolute Gasteiger partial charge is 0.634 e. The first-order valence-corrected chi connectivity index (χ1v) is 9.68. The molecule has 1 aromatic rings. The van der Waals surface area contributed by atoms with Crippen LogP contribution in [-0.2, 0) is 10.3 Å². The Morgan fingerprint density at radius 1 is 0.769 bits per heavy atom. The van der Waals surface area contributed by atoms with E-state index in [1.165, 1.54) is 0 Å². The summed E-state index contributed by atoms with van der Waals surface area (Å²) in [5, 5.41) is 20.1. The molecule has 1 atom stereocenters. The van der Waals surface area contributed by atoms with Crippen LogP contribution in [0.15, 0.2) is 30.3 Å². The molecule has 0 saturated heterocycles. The van der Waals surface area contributed by atoms with E-state index in [-0.39, 0.29) is 10.8 Å². The van der Waals surface area contributed by atoms with Gasteiger partial charge in [-0.25, -0.2) is 0 Å². The lowest BCUT2D eigenvalue weighted by Gasteiger charge is -2.67. The zero-order valence-electron chi connectivity index (χ0n) is 18.5. The molecule has 0 spiro atoms. The molecule has 0 heterocycles. The van der Waals surface area contributed by atoms with E-state index in [2.05, 4.69) is 81.4 Å². The van der Waals surface area contributed by atoms with E-state index in [0.29, 0.717) is 0 Å². The van der Waals surface area contributed by atoms with Gasteiger partial charge in [-0.3, -0.25) is 0 Å². The number of benzene rings is 1. The lowest BCUT2D eigenvalue weighted by atomic mass is 9.40. The van der Waals surface area contributed by atoms with Crippen LogP contribution in [0.5, 0.6) is 0 Å². The average molecular weight is 362 g/mol. The molecule has 4 heteroatoms. The van der Waals surface area contributed by atoms with Gasteiger partial charge in [0.1, 0.15) is 0 Å². The first kappa shape index (κ1) is 23.2. The van der Waals surface area contributed by atoms with Crippen molar-refractivity contribution in [2.75, 3.05) is 0 Å². The van der Waals surface area contributed by atoms with Gasteiger partial charge in [-0.2, -0.15) is 0 Å². The Morgan fingerprint density at radius 3 is 1.46 bits per heavy atom. The summed E-state index contributed by atoms with van der Waals surface area (Å²) in [5.41, 5.74) is -1.06. The molecule has 0 aliphatic heterocycles. The Balaban J connectivity index is 4.16. The van der Waals surface area contributed by atoms with Crippen molar-refractivity contribution in [2.24, 2.45) is 21.7 Å². The quantitative estimate of drug-likeness (QED) is 0.689. The van der Waals surface area contributed by atoms with Crippen LogP contribution in [0.1, 0.15) is 81.2 Å². The highest BCUT2D eigenvalue weighted by molar-refractivity contribution is 6.32. The predicted molar refractivity (Wildman–Crippen MR) is 110 cm³/mol. The van der Waals surface area contributed by atoms with Crippen LogP contribution in [0.3, 0.4) is 0 Å². The number of rotatable bonds is 5. The summed E-state index contributed by atoms with van der Waals surface area (Å²) >= 11 is 0. The van der Waals surface area contributed by atoms with E-state index in [1.807, 2.05) is 18.2 Å². The third-order valence-corrected chi connectivity index (χ3v) is 6.21. The topological polar surface area (TPSA) is 49.7 Å². The molecule has 2 N–H and O–H groups in total. The molecule has 1 aromatic carbocycles. The molecule has 3 nitrogen and oxygen atoms in total. The Bertz CT molecular complexity index is 562. The van der Waals surface area contributed by atoms with Crippen LogP contribution in [0.25, 0.3) is 0 Å². The standard InChI is InChI=1S/C22H39BO3/c1-11-21(18(2,3)4,19(5,6)7)22(20(8,9)10,26-23(24)25)17-15-13-12-14-16-17/h12-16,24-25H,11H2,1-10H3. The van der Waals surface area contributed by atoms with Gasteiger partial charge in [0.15, 0.2) is 0 Å². The minimum Gasteiger partial charge on any atom is -0.402 e. The smallest absolute Gasteiger partial charge is 0.402 e. The van der Waals surface area contributed by atoms with Gasteiger partial charge < -0.3 is 14.7 Å². The second kappa shape index (κ2) is 7.29. The molecule has 1 rings (SSSR count). The fourth-order valence-electron chi connectivity index (χ4n) is 5.99. The molecular weight excluding hydrogens is 323 g/mol. The van der Waals surface area contributed by atoms with Gasteiger partial charge in [0.25, 0.3) is 0 Å². The summed E-state index contributed by atoms with van der Waals surface area (Å²) in [4.78, 5) is 0. The maximum absolute atomic E-state index is 10.0. The zero-order chi connectivity index (χ0) is 20.6. The molecule has 148 valence electrons. The Morgan fingerprint density at radius 2 is 1.19 bits per heavy atom. The third-order valence-electron chi connectivity index (χ3n) is 6.21. The Labute approximate surface area is 161 Å². The first-order valence-electron chi connectivity index (χ1n) is 9.68. The first-order chi connectivity index (χ1) is 11.6. The highest BCUT2D eigenvalue weighted by Gasteiger charge is 2.68. The SMILES string of the molecule is CCC(C(C)(C)C)(C(C)(C)C)C(OB(O)O)(c1ccccc1)C(C)(C)C. The highest BCUT2D eigenvalue weighted by Crippen LogP contribution is 2.69. The van der Waals surface area contributed by atoms with E-state index in [1.54, 1.807) is 0 Å². The maximum Gasteiger partial charge on any atom is 0.634 e. The number of hydrogen-bond acceptors (Lipinski definition) is 3. The molecule has 26 heavy (non-hydrogen) atoms. The monoisotopic (exact) mass is 362 g/mol. The van der Waals surface area contributed by atoms with Crippen molar-refractivity contribution in [3.63, 3.8) is 0 Å². The van der Waals surface area contributed by atoms with Crippen LogP contribution < -0.4 is 0 Å². The molecule has 0 radical (unpaired) electrons. The highest BCUT2D eigenvalue weighted by atomic mass is 16.6. The lowest BCUT2D eigenvalue weighted by molar-refractivity contribution is -0.249. The van der Waals surface area contributed by atoms with Gasteiger partial charge in [-0.05, 0) is 28.2 Å². The molecule has 0 aromatic heterocycles. The van der Waals surface area contributed by atoms with Crippen LogP contribution in [0, 0.1) is 21.7 Å². The zero-order valence-corrected chi connectivity index (χ0v) is 18.5. The van der Waals surface area contributed by atoms with Gasteiger partial charge >= 0.3 is 7.32 Å². The van der Waals surface area contributed by atoms with E-state index < -0.39 is 23.8 Å².